The van der Waals surface area contributed by atoms with Gasteiger partial charge in [0.15, 0.2) is 0 Å². The number of nitrogens with zero attached hydrogens (tertiary/aromatic N) is 1. The van der Waals surface area contributed by atoms with Crippen molar-refractivity contribution < 1.29 is 9.53 Å². The first kappa shape index (κ1) is 19.0. The number of fused-ring (bicyclic) bond motifs is 1. The minimum atomic E-state index is -0.154. The van der Waals surface area contributed by atoms with Crippen molar-refractivity contribution in [2.24, 2.45) is 0 Å². The number of H-pyrrole nitrogens is 1. The first-order chi connectivity index (χ1) is 13.6. The number of carbonyl (C=O) groups excluding carboxylic acids is 1. The first-order valence-corrected chi connectivity index (χ1v) is 9.93. The highest BCUT2D eigenvalue weighted by molar-refractivity contribution is 6.38. The van der Waals surface area contributed by atoms with E-state index in [1.54, 1.807) is 6.07 Å². The first-order valence-electron chi connectivity index (χ1n) is 9.55. The molecular formula is C22H24ClN3O2. The van der Waals surface area contributed by atoms with Crippen LogP contribution in [0.3, 0.4) is 0 Å². The van der Waals surface area contributed by atoms with Crippen LogP contribution >= 0.6 is 11.6 Å². The Morgan fingerprint density at radius 2 is 1.93 bits per heavy atom. The number of aryl methyl sites for hydroxylation is 1. The third-order valence-corrected chi connectivity index (χ3v) is 5.72. The van der Waals surface area contributed by atoms with E-state index in [4.69, 9.17) is 16.3 Å². The molecule has 146 valence electrons. The van der Waals surface area contributed by atoms with Crippen LogP contribution in [0.15, 0.2) is 48.7 Å². The Hall–Kier alpha value is -2.34. The maximum atomic E-state index is 12.9. The molecule has 2 N–H and O–H groups in total. The average molecular weight is 398 g/mol. The van der Waals surface area contributed by atoms with Crippen LogP contribution < -0.4 is 5.32 Å². The number of carbonyl (C=O) groups is 1. The van der Waals surface area contributed by atoms with E-state index in [1.165, 1.54) is 11.1 Å². The van der Waals surface area contributed by atoms with E-state index < -0.39 is 0 Å². The van der Waals surface area contributed by atoms with E-state index in [0.717, 1.165) is 24.0 Å². The molecule has 1 aliphatic rings. The molecular weight excluding hydrogens is 374 g/mol. The Kier molecular flexibility index (Phi) is 5.67. The zero-order chi connectivity index (χ0) is 19.5. The molecule has 3 aromatic rings. The number of amides is 1. The lowest BCUT2D eigenvalue weighted by Crippen LogP contribution is -2.43. The van der Waals surface area contributed by atoms with Gasteiger partial charge in [-0.2, -0.15) is 0 Å². The Morgan fingerprint density at radius 3 is 2.68 bits per heavy atom. The zero-order valence-electron chi connectivity index (χ0n) is 15.9. The van der Waals surface area contributed by atoms with Crippen LogP contribution in [0.2, 0.25) is 5.02 Å². The normalized spacial score (nSPS) is 16.2. The quantitative estimate of drug-likeness (QED) is 0.685. The van der Waals surface area contributed by atoms with Gasteiger partial charge >= 0.3 is 0 Å². The molecule has 1 amide bonds. The van der Waals surface area contributed by atoms with Crippen LogP contribution in [0.1, 0.15) is 27.5 Å². The molecule has 0 aliphatic carbocycles. The lowest BCUT2D eigenvalue weighted by Gasteiger charge is -2.35. The highest BCUT2D eigenvalue weighted by Crippen LogP contribution is 2.27. The second-order valence-electron chi connectivity index (χ2n) is 7.15. The fourth-order valence-corrected chi connectivity index (χ4v) is 4.01. The second-order valence-corrected chi connectivity index (χ2v) is 7.53. The standard InChI is InChI=1S/C22H24ClN3O2/c1-15-2-4-16(5-3-15)20(26-10-12-28-13-11-26)14-25-22(27)18-6-7-19-17(21(18)23)8-9-24-19/h2-9,20,24H,10-14H2,1H3,(H,25,27). The predicted molar refractivity (Wildman–Crippen MR) is 112 cm³/mol. The summed E-state index contributed by atoms with van der Waals surface area (Å²) < 4.78 is 5.50. The second kappa shape index (κ2) is 8.35. The zero-order valence-corrected chi connectivity index (χ0v) is 16.6. The number of ether oxygens (including phenoxy) is 1. The Bertz CT molecular complexity index is 962. The third kappa shape index (κ3) is 3.92. The molecule has 6 heteroatoms. The molecule has 2 aromatic carbocycles. The maximum absolute atomic E-state index is 12.9. The highest BCUT2D eigenvalue weighted by Gasteiger charge is 2.24. The van der Waals surface area contributed by atoms with Crippen LogP contribution in [-0.4, -0.2) is 48.6 Å². The molecule has 0 bridgehead atoms. The molecule has 0 saturated carbocycles. The van der Waals surface area contributed by atoms with Crippen molar-refractivity contribution in [3.8, 4) is 0 Å². The Labute approximate surface area is 169 Å². The van der Waals surface area contributed by atoms with Gasteiger partial charge in [0.05, 0.1) is 29.8 Å². The summed E-state index contributed by atoms with van der Waals surface area (Å²) in [5.41, 5.74) is 3.84. The number of hydrogen-bond acceptors (Lipinski definition) is 3. The smallest absolute Gasteiger partial charge is 0.252 e. The van der Waals surface area contributed by atoms with Gasteiger partial charge < -0.3 is 15.0 Å². The Morgan fingerprint density at radius 1 is 1.18 bits per heavy atom. The molecule has 1 saturated heterocycles. The number of hydrogen-bond donors (Lipinski definition) is 2. The topological polar surface area (TPSA) is 57.4 Å². The number of nitrogens with one attached hydrogen (secondary N) is 2. The summed E-state index contributed by atoms with van der Waals surface area (Å²) in [6.07, 6.45) is 1.82. The minimum Gasteiger partial charge on any atom is -0.379 e. The summed E-state index contributed by atoms with van der Waals surface area (Å²) in [5.74, 6) is -0.154. The molecule has 0 radical (unpaired) electrons. The van der Waals surface area contributed by atoms with E-state index in [-0.39, 0.29) is 11.9 Å². The van der Waals surface area contributed by atoms with Gasteiger partial charge in [0, 0.05) is 36.7 Å². The number of morpholine rings is 1. The van der Waals surface area contributed by atoms with Gasteiger partial charge in [-0.25, -0.2) is 0 Å². The molecule has 1 aromatic heterocycles. The Balaban J connectivity index is 1.53. The number of aromatic amines is 1. The lowest BCUT2D eigenvalue weighted by atomic mass is 10.0. The van der Waals surface area contributed by atoms with Crippen molar-refractivity contribution in [2.75, 3.05) is 32.8 Å². The van der Waals surface area contributed by atoms with Gasteiger partial charge in [0.25, 0.3) is 5.91 Å². The summed E-state index contributed by atoms with van der Waals surface area (Å²) >= 11 is 6.47. The highest BCUT2D eigenvalue weighted by atomic mass is 35.5. The molecule has 4 rings (SSSR count). The fraction of sp³-hybridized carbons (Fsp3) is 0.318. The number of aromatic nitrogens is 1. The molecule has 1 unspecified atom stereocenters. The van der Waals surface area contributed by atoms with Gasteiger partial charge in [-0.3, -0.25) is 9.69 Å². The minimum absolute atomic E-state index is 0.100. The van der Waals surface area contributed by atoms with Crippen LogP contribution in [0, 0.1) is 6.92 Å². The summed E-state index contributed by atoms with van der Waals surface area (Å²) in [6.45, 7) is 5.73. The van der Waals surface area contributed by atoms with Crippen molar-refractivity contribution in [3.63, 3.8) is 0 Å². The van der Waals surface area contributed by atoms with Crippen molar-refractivity contribution in [3.05, 3.63) is 70.4 Å². The number of benzene rings is 2. The van der Waals surface area contributed by atoms with Crippen molar-refractivity contribution >= 4 is 28.4 Å². The molecule has 1 atom stereocenters. The van der Waals surface area contributed by atoms with Crippen LogP contribution in [0.25, 0.3) is 10.9 Å². The summed E-state index contributed by atoms with van der Waals surface area (Å²) in [5, 5.41) is 4.43. The molecule has 1 aliphatic heterocycles. The lowest BCUT2D eigenvalue weighted by molar-refractivity contribution is 0.0162. The van der Waals surface area contributed by atoms with Gasteiger partial charge in [0.2, 0.25) is 0 Å². The average Bonchev–Trinajstić information content (AvgIpc) is 3.20. The number of rotatable bonds is 5. The fourth-order valence-electron chi connectivity index (χ4n) is 3.69. The SMILES string of the molecule is Cc1ccc(C(CNC(=O)c2ccc3[nH]ccc3c2Cl)N2CCOCC2)cc1. The van der Waals surface area contributed by atoms with Gasteiger partial charge in [0.1, 0.15) is 0 Å². The predicted octanol–water partition coefficient (Wildman–Crippen LogP) is 3.93. The van der Waals surface area contributed by atoms with E-state index in [0.29, 0.717) is 30.3 Å². The maximum Gasteiger partial charge on any atom is 0.252 e. The number of halogens is 1. The summed E-state index contributed by atoms with van der Waals surface area (Å²) in [7, 11) is 0. The summed E-state index contributed by atoms with van der Waals surface area (Å²) in [6, 6.07) is 14.1. The van der Waals surface area contributed by atoms with Gasteiger partial charge in [-0.15, -0.1) is 0 Å². The molecule has 28 heavy (non-hydrogen) atoms. The van der Waals surface area contributed by atoms with Crippen molar-refractivity contribution in [1.82, 2.24) is 15.2 Å². The molecule has 0 spiro atoms. The van der Waals surface area contributed by atoms with Crippen LogP contribution in [0.5, 0.6) is 0 Å². The van der Waals surface area contributed by atoms with E-state index >= 15 is 0 Å². The van der Waals surface area contributed by atoms with E-state index in [2.05, 4.69) is 46.4 Å². The van der Waals surface area contributed by atoms with Crippen LogP contribution in [-0.2, 0) is 4.74 Å². The van der Waals surface area contributed by atoms with Crippen molar-refractivity contribution in [1.29, 1.82) is 0 Å². The van der Waals surface area contributed by atoms with E-state index in [1.807, 2.05) is 18.3 Å². The van der Waals surface area contributed by atoms with E-state index in [9.17, 15) is 4.79 Å². The summed E-state index contributed by atoms with van der Waals surface area (Å²) in [4.78, 5) is 18.3. The van der Waals surface area contributed by atoms with Gasteiger partial charge in [-0.05, 0) is 30.7 Å². The molecule has 1 fully saturated rings. The monoisotopic (exact) mass is 397 g/mol. The van der Waals surface area contributed by atoms with Crippen molar-refractivity contribution in [2.45, 2.75) is 13.0 Å². The molecule has 5 nitrogen and oxygen atoms in total. The largest absolute Gasteiger partial charge is 0.379 e. The van der Waals surface area contributed by atoms with Gasteiger partial charge in [-0.1, -0.05) is 41.4 Å². The molecule has 2 heterocycles. The van der Waals surface area contributed by atoms with Crippen LogP contribution in [0.4, 0.5) is 0 Å². The third-order valence-electron chi connectivity index (χ3n) is 5.32.